The van der Waals surface area contributed by atoms with Crippen molar-refractivity contribution in [1.82, 2.24) is 0 Å². The van der Waals surface area contributed by atoms with Crippen molar-refractivity contribution in [2.75, 3.05) is 7.11 Å². The van der Waals surface area contributed by atoms with Gasteiger partial charge in [0.2, 0.25) is 0 Å². The lowest BCUT2D eigenvalue weighted by Crippen LogP contribution is -2.06. The predicted octanol–water partition coefficient (Wildman–Crippen LogP) is 2.75. The number of ether oxygens (including phenoxy) is 1. The predicted molar refractivity (Wildman–Crippen MR) is 58.6 cm³/mol. The van der Waals surface area contributed by atoms with E-state index < -0.39 is 5.60 Å². The Morgan fingerprint density at radius 3 is 2.57 bits per heavy atom. The zero-order valence-corrected chi connectivity index (χ0v) is 9.89. The highest BCUT2D eigenvalue weighted by atomic mass is 79.9. The first-order valence-corrected chi connectivity index (χ1v) is 5.44. The first-order valence-electron chi connectivity index (χ1n) is 4.64. The van der Waals surface area contributed by atoms with Gasteiger partial charge in [0, 0.05) is 5.56 Å². The molecule has 0 heterocycles. The highest BCUT2D eigenvalue weighted by Gasteiger charge is 2.44. The third-order valence-corrected chi connectivity index (χ3v) is 3.51. The molecule has 1 aliphatic rings. The van der Waals surface area contributed by atoms with Gasteiger partial charge < -0.3 is 9.84 Å². The Labute approximate surface area is 92.0 Å². The summed E-state index contributed by atoms with van der Waals surface area (Å²) in [5, 5.41) is 10.0. The minimum atomic E-state index is -0.611. The lowest BCUT2D eigenvalue weighted by atomic mass is 10.1. The molecule has 2 nitrogen and oxygen atoms in total. The van der Waals surface area contributed by atoms with Gasteiger partial charge in [-0.05, 0) is 41.3 Å². The molecule has 0 radical (unpaired) electrons. The monoisotopic (exact) mass is 256 g/mol. The molecule has 1 saturated carbocycles. The van der Waals surface area contributed by atoms with Crippen molar-refractivity contribution in [3.05, 3.63) is 27.7 Å². The van der Waals surface area contributed by atoms with Crippen molar-refractivity contribution >= 4 is 15.9 Å². The largest absolute Gasteiger partial charge is 0.495 e. The van der Waals surface area contributed by atoms with Crippen LogP contribution < -0.4 is 4.74 Å². The summed E-state index contributed by atoms with van der Waals surface area (Å²) in [4.78, 5) is 0. The molecule has 76 valence electrons. The number of hydrogen-bond donors (Lipinski definition) is 1. The van der Waals surface area contributed by atoms with E-state index in [1.165, 1.54) is 0 Å². The highest BCUT2D eigenvalue weighted by Crippen LogP contribution is 2.50. The van der Waals surface area contributed by atoms with Crippen molar-refractivity contribution in [2.24, 2.45) is 0 Å². The van der Waals surface area contributed by atoms with E-state index in [4.69, 9.17) is 4.74 Å². The lowest BCUT2D eigenvalue weighted by Gasteiger charge is -2.15. The number of methoxy groups -OCH3 is 1. The Hall–Kier alpha value is -0.540. The molecule has 1 N–H and O–H groups in total. The quantitative estimate of drug-likeness (QED) is 0.882. The fourth-order valence-electron chi connectivity index (χ4n) is 1.65. The second-order valence-electron chi connectivity index (χ2n) is 3.81. The van der Waals surface area contributed by atoms with E-state index in [9.17, 15) is 5.11 Å². The normalized spacial score (nSPS) is 18.0. The second kappa shape index (κ2) is 3.24. The van der Waals surface area contributed by atoms with Crippen molar-refractivity contribution < 1.29 is 9.84 Å². The number of rotatable bonds is 2. The average molecular weight is 257 g/mol. The molecular formula is C11H13BrO2. The van der Waals surface area contributed by atoms with Crippen LogP contribution in [0.15, 0.2) is 16.6 Å². The molecule has 0 aromatic heterocycles. The van der Waals surface area contributed by atoms with Crippen LogP contribution in [0.25, 0.3) is 0 Å². The number of hydrogen-bond acceptors (Lipinski definition) is 2. The van der Waals surface area contributed by atoms with Crippen LogP contribution in [0.1, 0.15) is 24.0 Å². The highest BCUT2D eigenvalue weighted by molar-refractivity contribution is 9.10. The molecular weight excluding hydrogens is 244 g/mol. The van der Waals surface area contributed by atoms with E-state index in [-0.39, 0.29) is 0 Å². The summed E-state index contributed by atoms with van der Waals surface area (Å²) < 4.78 is 6.17. The summed E-state index contributed by atoms with van der Waals surface area (Å²) in [6, 6.07) is 3.95. The summed E-state index contributed by atoms with van der Waals surface area (Å²) >= 11 is 3.48. The fraction of sp³-hybridized carbons (Fsp3) is 0.455. The molecule has 2 rings (SSSR count). The molecule has 0 atom stereocenters. The van der Waals surface area contributed by atoms with Gasteiger partial charge in [-0.25, -0.2) is 0 Å². The minimum absolute atomic E-state index is 0.611. The number of halogens is 1. The average Bonchev–Trinajstić information content (AvgIpc) is 2.85. The van der Waals surface area contributed by atoms with E-state index >= 15 is 0 Å². The molecule has 1 fully saturated rings. The zero-order valence-electron chi connectivity index (χ0n) is 8.30. The summed E-state index contributed by atoms with van der Waals surface area (Å²) in [6.45, 7) is 1.99. The van der Waals surface area contributed by atoms with Gasteiger partial charge in [0.1, 0.15) is 5.75 Å². The lowest BCUT2D eigenvalue weighted by molar-refractivity contribution is 0.150. The van der Waals surface area contributed by atoms with Gasteiger partial charge in [0.15, 0.2) is 0 Å². The van der Waals surface area contributed by atoms with E-state index in [1.807, 2.05) is 19.1 Å². The Morgan fingerprint density at radius 2 is 2.07 bits per heavy atom. The van der Waals surface area contributed by atoms with Crippen LogP contribution in [0, 0.1) is 6.92 Å². The molecule has 0 amide bonds. The molecule has 1 aromatic carbocycles. The van der Waals surface area contributed by atoms with Crippen LogP contribution in [0.2, 0.25) is 0 Å². The first kappa shape index (κ1) is 9.99. The smallest absolute Gasteiger partial charge is 0.136 e. The van der Waals surface area contributed by atoms with Crippen LogP contribution in [0.4, 0.5) is 0 Å². The van der Waals surface area contributed by atoms with Gasteiger partial charge in [-0.15, -0.1) is 0 Å². The standard InChI is InChI=1S/C11H13BrO2/c1-7-3-4-8(11(13)5-6-11)9(12)10(7)14-2/h3-4,13H,5-6H2,1-2H3. The van der Waals surface area contributed by atoms with Gasteiger partial charge in [0.05, 0.1) is 17.2 Å². The SMILES string of the molecule is COc1c(C)ccc(C2(O)CC2)c1Br. The molecule has 14 heavy (non-hydrogen) atoms. The fourth-order valence-corrected chi connectivity index (χ4v) is 2.63. The van der Waals surface area contributed by atoms with Gasteiger partial charge >= 0.3 is 0 Å². The van der Waals surface area contributed by atoms with Crippen molar-refractivity contribution in [2.45, 2.75) is 25.4 Å². The molecule has 0 unspecified atom stereocenters. The van der Waals surface area contributed by atoms with E-state index in [0.29, 0.717) is 0 Å². The van der Waals surface area contributed by atoms with E-state index in [2.05, 4.69) is 15.9 Å². The second-order valence-corrected chi connectivity index (χ2v) is 4.60. The topological polar surface area (TPSA) is 29.5 Å². The van der Waals surface area contributed by atoms with Gasteiger partial charge in [0.25, 0.3) is 0 Å². The molecule has 1 aromatic rings. The summed E-state index contributed by atoms with van der Waals surface area (Å²) in [5.74, 6) is 0.822. The molecule has 0 saturated heterocycles. The Balaban J connectivity index is 2.53. The summed E-state index contributed by atoms with van der Waals surface area (Å²) in [5.41, 5.74) is 1.41. The van der Waals surface area contributed by atoms with Gasteiger partial charge in [-0.3, -0.25) is 0 Å². The number of aryl methyl sites for hydroxylation is 1. The molecule has 3 heteroatoms. The molecule has 0 spiro atoms. The van der Waals surface area contributed by atoms with Crippen LogP contribution in [-0.4, -0.2) is 12.2 Å². The van der Waals surface area contributed by atoms with Crippen molar-refractivity contribution in [3.8, 4) is 5.75 Å². The summed E-state index contributed by atoms with van der Waals surface area (Å²) in [7, 11) is 1.65. The maximum absolute atomic E-state index is 10.0. The number of aliphatic hydroxyl groups is 1. The van der Waals surface area contributed by atoms with Crippen LogP contribution >= 0.6 is 15.9 Å². The van der Waals surface area contributed by atoms with E-state index in [1.54, 1.807) is 7.11 Å². The van der Waals surface area contributed by atoms with Crippen molar-refractivity contribution in [1.29, 1.82) is 0 Å². The Bertz CT molecular complexity index is 370. The molecule has 0 aliphatic heterocycles. The summed E-state index contributed by atoms with van der Waals surface area (Å²) in [6.07, 6.45) is 1.69. The number of benzene rings is 1. The Kier molecular flexibility index (Phi) is 2.32. The van der Waals surface area contributed by atoms with Gasteiger partial charge in [-0.1, -0.05) is 12.1 Å². The Morgan fingerprint density at radius 1 is 1.43 bits per heavy atom. The van der Waals surface area contributed by atoms with Crippen LogP contribution in [-0.2, 0) is 5.60 Å². The minimum Gasteiger partial charge on any atom is -0.495 e. The zero-order chi connectivity index (χ0) is 10.3. The van der Waals surface area contributed by atoms with Gasteiger partial charge in [-0.2, -0.15) is 0 Å². The third kappa shape index (κ3) is 1.44. The first-order chi connectivity index (χ1) is 6.58. The maximum Gasteiger partial charge on any atom is 0.136 e. The third-order valence-electron chi connectivity index (χ3n) is 2.72. The van der Waals surface area contributed by atoms with Crippen LogP contribution in [0.5, 0.6) is 5.75 Å². The molecule has 0 bridgehead atoms. The maximum atomic E-state index is 10.0. The van der Waals surface area contributed by atoms with Crippen LogP contribution in [0.3, 0.4) is 0 Å². The molecule has 1 aliphatic carbocycles. The van der Waals surface area contributed by atoms with E-state index in [0.717, 1.165) is 34.2 Å². The van der Waals surface area contributed by atoms with Crippen molar-refractivity contribution in [3.63, 3.8) is 0 Å².